The Bertz CT molecular complexity index is 344. The second-order valence-electron chi connectivity index (χ2n) is 5.92. The average Bonchev–Trinajstić information content (AvgIpc) is 2.63. The monoisotopic (exact) mass is 221 g/mol. The maximum atomic E-state index is 6.32. The molecule has 1 heterocycles. The Balaban J connectivity index is 2.02. The molecule has 0 radical (unpaired) electrons. The number of rotatable bonds is 2. The summed E-state index contributed by atoms with van der Waals surface area (Å²) in [6.45, 7) is 4.71. The molecule has 1 saturated carbocycles. The molecule has 0 saturated heterocycles. The van der Waals surface area contributed by atoms with Gasteiger partial charge in [-0.05, 0) is 37.0 Å². The zero-order chi connectivity index (χ0) is 11.8. The first-order valence-corrected chi connectivity index (χ1v) is 6.22. The Kier molecular flexibility index (Phi) is 3.06. The number of aromatic nitrogens is 2. The molecule has 1 aromatic rings. The van der Waals surface area contributed by atoms with Gasteiger partial charge in [0.1, 0.15) is 5.82 Å². The largest absolute Gasteiger partial charge is 0.337 e. The van der Waals surface area contributed by atoms with Crippen molar-refractivity contribution in [3.63, 3.8) is 0 Å². The third-order valence-electron chi connectivity index (χ3n) is 4.05. The maximum absolute atomic E-state index is 6.32. The van der Waals surface area contributed by atoms with Gasteiger partial charge in [-0.25, -0.2) is 4.98 Å². The van der Waals surface area contributed by atoms with E-state index < -0.39 is 0 Å². The molecular formula is C13H23N3. The summed E-state index contributed by atoms with van der Waals surface area (Å²) in [5.41, 5.74) is 6.83. The van der Waals surface area contributed by atoms with E-state index in [2.05, 4.69) is 18.8 Å². The van der Waals surface area contributed by atoms with Crippen LogP contribution < -0.4 is 5.73 Å². The summed E-state index contributed by atoms with van der Waals surface area (Å²) in [6, 6.07) is 0.107. The fraction of sp³-hybridized carbons (Fsp3) is 0.769. The highest BCUT2D eigenvalue weighted by molar-refractivity contribution is 5.01. The summed E-state index contributed by atoms with van der Waals surface area (Å²) in [5, 5.41) is 0. The molecule has 0 aromatic carbocycles. The van der Waals surface area contributed by atoms with E-state index in [1.54, 1.807) is 0 Å². The lowest BCUT2D eigenvalue weighted by Crippen LogP contribution is -2.30. The van der Waals surface area contributed by atoms with E-state index in [1.807, 2.05) is 24.0 Å². The van der Waals surface area contributed by atoms with Crippen LogP contribution in [0, 0.1) is 11.3 Å². The van der Waals surface area contributed by atoms with Crippen molar-refractivity contribution < 1.29 is 0 Å². The molecule has 3 nitrogen and oxygen atoms in total. The molecule has 1 fully saturated rings. The van der Waals surface area contributed by atoms with Crippen molar-refractivity contribution in [2.45, 2.75) is 45.6 Å². The van der Waals surface area contributed by atoms with Gasteiger partial charge in [0.25, 0.3) is 0 Å². The Morgan fingerprint density at radius 2 is 2.06 bits per heavy atom. The molecule has 16 heavy (non-hydrogen) atoms. The standard InChI is InChI=1S/C13H23N3/c1-13(2)6-4-10(5-7-13)11(14)12-15-8-9-16(12)3/h8-11H,4-7,14H2,1-3H3. The Morgan fingerprint density at radius 1 is 1.44 bits per heavy atom. The molecule has 0 amide bonds. The van der Waals surface area contributed by atoms with Crippen molar-refractivity contribution in [1.29, 1.82) is 0 Å². The second kappa shape index (κ2) is 4.21. The Hall–Kier alpha value is -0.830. The topological polar surface area (TPSA) is 43.8 Å². The van der Waals surface area contributed by atoms with Gasteiger partial charge < -0.3 is 10.3 Å². The third kappa shape index (κ3) is 2.29. The van der Waals surface area contributed by atoms with Gasteiger partial charge in [0.15, 0.2) is 0 Å². The minimum atomic E-state index is 0.107. The van der Waals surface area contributed by atoms with Gasteiger partial charge in [0.2, 0.25) is 0 Å². The van der Waals surface area contributed by atoms with Crippen molar-refractivity contribution in [3.8, 4) is 0 Å². The number of nitrogens with two attached hydrogens (primary N) is 1. The van der Waals surface area contributed by atoms with E-state index in [0.29, 0.717) is 11.3 Å². The van der Waals surface area contributed by atoms with Gasteiger partial charge in [-0.3, -0.25) is 0 Å². The first-order chi connectivity index (χ1) is 7.49. The Morgan fingerprint density at radius 3 is 2.56 bits per heavy atom. The molecule has 2 N–H and O–H groups in total. The number of aryl methyl sites for hydroxylation is 1. The van der Waals surface area contributed by atoms with Gasteiger partial charge in [0, 0.05) is 19.4 Å². The summed E-state index contributed by atoms with van der Waals surface area (Å²) in [6.07, 6.45) is 8.86. The molecule has 90 valence electrons. The van der Waals surface area contributed by atoms with Crippen molar-refractivity contribution in [1.82, 2.24) is 9.55 Å². The SMILES string of the molecule is Cn1ccnc1C(N)C1CCC(C)(C)CC1. The predicted molar refractivity (Wildman–Crippen MR) is 65.9 cm³/mol. The van der Waals surface area contributed by atoms with Crippen molar-refractivity contribution in [2.75, 3.05) is 0 Å². The normalized spacial score (nSPS) is 23.2. The number of imidazole rings is 1. The minimum Gasteiger partial charge on any atom is -0.337 e. The highest BCUT2D eigenvalue weighted by Gasteiger charge is 2.31. The number of hydrogen-bond acceptors (Lipinski definition) is 2. The van der Waals surface area contributed by atoms with E-state index in [4.69, 9.17) is 5.73 Å². The summed E-state index contributed by atoms with van der Waals surface area (Å²) in [7, 11) is 2.02. The lowest BCUT2D eigenvalue weighted by atomic mass is 9.71. The van der Waals surface area contributed by atoms with Gasteiger partial charge in [0.05, 0.1) is 6.04 Å². The molecule has 1 unspecified atom stereocenters. The molecule has 1 atom stereocenters. The van der Waals surface area contributed by atoms with E-state index in [1.165, 1.54) is 25.7 Å². The summed E-state index contributed by atoms with van der Waals surface area (Å²) < 4.78 is 2.05. The smallest absolute Gasteiger partial charge is 0.125 e. The van der Waals surface area contributed by atoms with Crippen LogP contribution in [0.4, 0.5) is 0 Å². The quantitative estimate of drug-likeness (QED) is 0.834. The fourth-order valence-corrected chi connectivity index (χ4v) is 2.69. The first-order valence-electron chi connectivity index (χ1n) is 6.22. The Labute approximate surface area is 98.1 Å². The number of nitrogens with zero attached hydrogens (tertiary/aromatic N) is 2. The molecule has 2 rings (SSSR count). The van der Waals surface area contributed by atoms with E-state index >= 15 is 0 Å². The van der Waals surface area contributed by atoms with Gasteiger partial charge in [-0.15, -0.1) is 0 Å². The zero-order valence-corrected chi connectivity index (χ0v) is 10.6. The molecule has 0 bridgehead atoms. The molecule has 0 aliphatic heterocycles. The van der Waals surface area contributed by atoms with E-state index in [9.17, 15) is 0 Å². The lowest BCUT2D eigenvalue weighted by molar-refractivity contribution is 0.170. The molecule has 1 aliphatic rings. The van der Waals surface area contributed by atoms with Crippen molar-refractivity contribution >= 4 is 0 Å². The highest BCUT2D eigenvalue weighted by atomic mass is 15.1. The molecule has 1 aliphatic carbocycles. The van der Waals surface area contributed by atoms with Crippen LogP contribution in [-0.2, 0) is 7.05 Å². The van der Waals surface area contributed by atoms with E-state index in [-0.39, 0.29) is 6.04 Å². The lowest BCUT2D eigenvalue weighted by Gasteiger charge is -2.36. The predicted octanol–water partition coefficient (Wildman–Crippen LogP) is 2.64. The van der Waals surface area contributed by atoms with Crippen LogP contribution in [0.15, 0.2) is 12.4 Å². The van der Waals surface area contributed by atoms with Crippen LogP contribution in [-0.4, -0.2) is 9.55 Å². The van der Waals surface area contributed by atoms with Crippen LogP contribution >= 0.6 is 0 Å². The maximum Gasteiger partial charge on any atom is 0.125 e. The first kappa shape index (κ1) is 11.6. The van der Waals surface area contributed by atoms with Crippen LogP contribution in [0.3, 0.4) is 0 Å². The van der Waals surface area contributed by atoms with E-state index in [0.717, 1.165) is 5.82 Å². The zero-order valence-electron chi connectivity index (χ0n) is 10.6. The fourth-order valence-electron chi connectivity index (χ4n) is 2.69. The summed E-state index contributed by atoms with van der Waals surface area (Å²) in [4.78, 5) is 4.37. The van der Waals surface area contributed by atoms with Gasteiger partial charge >= 0.3 is 0 Å². The molecule has 3 heteroatoms. The van der Waals surface area contributed by atoms with Crippen LogP contribution in [0.2, 0.25) is 0 Å². The highest BCUT2D eigenvalue weighted by Crippen LogP contribution is 2.41. The summed E-state index contributed by atoms with van der Waals surface area (Å²) >= 11 is 0. The average molecular weight is 221 g/mol. The van der Waals surface area contributed by atoms with Crippen LogP contribution in [0.25, 0.3) is 0 Å². The van der Waals surface area contributed by atoms with Gasteiger partial charge in [-0.2, -0.15) is 0 Å². The third-order valence-corrected chi connectivity index (χ3v) is 4.05. The second-order valence-corrected chi connectivity index (χ2v) is 5.92. The van der Waals surface area contributed by atoms with Crippen LogP contribution in [0.5, 0.6) is 0 Å². The number of hydrogen-bond donors (Lipinski definition) is 1. The summed E-state index contributed by atoms with van der Waals surface area (Å²) in [5.74, 6) is 1.64. The minimum absolute atomic E-state index is 0.107. The molecule has 0 spiro atoms. The molecule has 1 aromatic heterocycles. The van der Waals surface area contributed by atoms with Crippen LogP contribution in [0.1, 0.15) is 51.4 Å². The molecular weight excluding hydrogens is 198 g/mol. The van der Waals surface area contributed by atoms with Crippen molar-refractivity contribution in [2.24, 2.45) is 24.1 Å². The van der Waals surface area contributed by atoms with Crippen molar-refractivity contribution in [3.05, 3.63) is 18.2 Å². The van der Waals surface area contributed by atoms with Gasteiger partial charge in [-0.1, -0.05) is 13.8 Å².